The minimum absolute atomic E-state index is 0.0169. The summed E-state index contributed by atoms with van der Waals surface area (Å²) < 4.78 is 16.5. The van der Waals surface area contributed by atoms with E-state index in [4.69, 9.17) is 19.6 Å². The van der Waals surface area contributed by atoms with Crippen LogP contribution in [0.25, 0.3) is 0 Å². The van der Waals surface area contributed by atoms with Crippen LogP contribution in [0.5, 0.6) is 0 Å². The molecule has 0 radical (unpaired) electrons. The zero-order valence-corrected chi connectivity index (χ0v) is 22.6. The molecule has 0 bridgehead atoms. The third kappa shape index (κ3) is 12.3. The van der Waals surface area contributed by atoms with Gasteiger partial charge in [0.15, 0.2) is 6.10 Å². The first kappa shape index (κ1) is 30.2. The Morgan fingerprint density at radius 1 is 1.03 bits per heavy atom. The molecule has 0 spiro atoms. The van der Waals surface area contributed by atoms with Crippen molar-refractivity contribution < 1.29 is 23.8 Å². The van der Waals surface area contributed by atoms with Crippen LogP contribution in [0.3, 0.4) is 0 Å². The van der Waals surface area contributed by atoms with Gasteiger partial charge in [0.2, 0.25) is 0 Å². The van der Waals surface area contributed by atoms with Gasteiger partial charge in [-0.1, -0.05) is 63.3 Å². The van der Waals surface area contributed by atoms with Crippen LogP contribution < -0.4 is 0 Å². The number of unbranched alkanes of at least 4 members (excludes halogenated alkanes) is 8. The lowest BCUT2D eigenvalue weighted by Gasteiger charge is -2.19. The Morgan fingerprint density at radius 2 is 1.72 bits per heavy atom. The fourth-order valence-corrected chi connectivity index (χ4v) is 4.56. The van der Waals surface area contributed by atoms with E-state index in [0.29, 0.717) is 13.0 Å². The van der Waals surface area contributed by atoms with E-state index >= 15 is 0 Å². The van der Waals surface area contributed by atoms with E-state index in [9.17, 15) is 9.59 Å². The standard InChI is InChI=1S/C29H48N2O5/c1-3-4-5-6-7-8-9-10-11-12-13-14-15-16-17-18-27(32)36-28-25(30)22-34-26(28)23-35-29(33)24-19-20-31(2)21-24/h7-8,10-11,24,26,28,30H,3-6,9,12-23H2,1-2H3/b8-7-,11-10-,30-25?/t24?,26-,28-/m1/s1. The lowest BCUT2D eigenvalue weighted by Crippen LogP contribution is -2.36. The van der Waals surface area contributed by atoms with Crippen LogP contribution in [0.15, 0.2) is 24.3 Å². The van der Waals surface area contributed by atoms with E-state index < -0.39 is 12.2 Å². The Kier molecular flexibility index (Phi) is 15.4. The summed E-state index contributed by atoms with van der Waals surface area (Å²) in [5.41, 5.74) is 0.227. The number of carbonyl (C=O) groups is 2. The van der Waals surface area contributed by atoms with Crippen LogP contribution in [0.2, 0.25) is 0 Å². The number of esters is 2. The summed E-state index contributed by atoms with van der Waals surface area (Å²) in [7, 11) is 1.98. The Hall–Kier alpha value is -1.99. The average molecular weight is 505 g/mol. The number of ether oxygens (including phenoxy) is 3. The molecular weight excluding hydrogens is 456 g/mol. The third-order valence-electron chi connectivity index (χ3n) is 6.84. The van der Waals surface area contributed by atoms with Gasteiger partial charge < -0.3 is 24.5 Å². The second-order valence-electron chi connectivity index (χ2n) is 10.1. The molecule has 0 saturated carbocycles. The number of carbonyl (C=O) groups excluding carboxylic acids is 2. The fraction of sp³-hybridized carbons (Fsp3) is 0.759. The first-order valence-corrected chi connectivity index (χ1v) is 14.0. The van der Waals surface area contributed by atoms with Crippen molar-refractivity contribution >= 4 is 17.7 Å². The van der Waals surface area contributed by atoms with Gasteiger partial charge in [-0.15, -0.1) is 0 Å². The molecule has 2 saturated heterocycles. The molecule has 0 amide bonds. The highest BCUT2D eigenvalue weighted by atomic mass is 16.6. The molecule has 0 aliphatic carbocycles. The SMILES string of the molecule is CCCCC/C=C\C/C=C\CCCCCCCC(=O)O[C@@H]1C(=N)CO[C@@H]1COC(=O)C1CCN(C)C1. The predicted molar refractivity (Wildman–Crippen MR) is 143 cm³/mol. The Bertz CT molecular complexity index is 720. The van der Waals surface area contributed by atoms with Crippen molar-refractivity contribution in [1.29, 1.82) is 5.41 Å². The van der Waals surface area contributed by atoms with Crippen LogP contribution >= 0.6 is 0 Å². The fourth-order valence-electron chi connectivity index (χ4n) is 4.56. The maximum Gasteiger partial charge on any atom is 0.310 e. The molecule has 0 aromatic rings. The van der Waals surface area contributed by atoms with Crippen LogP contribution in [0, 0.1) is 11.3 Å². The van der Waals surface area contributed by atoms with Gasteiger partial charge in [-0.2, -0.15) is 0 Å². The number of hydrogen-bond acceptors (Lipinski definition) is 7. The van der Waals surface area contributed by atoms with E-state index in [0.717, 1.165) is 51.5 Å². The highest BCUT2D eigenvalue weighted by Gasteiger charge is 2.38. The number of nitrogens with one attached hydrogen (secondary N) is 1. The average Bonchev–Trinajstić information content (AvgIpc) is 3.45. The number of allylic oxidation sites excluding steroid dienone is 4. The smallest absolute Gasteiger partial charge is 0.310 e. The summed E-state index contributed by atoms with van der Waals surface area (Å²) in [6.45, 7) is 3.94. The highest BCUT2D eigenvalue weighted by Crippen LogP contribution is 2.20. The minimum Gasteiger partial charge on any atom is -0.462 e. The van der Waals surface area contributed by atoms with Crippen LogP contribution in [0.1, 0.15) is 90.4 Å². The summed E-state index contributed by atoms with van der Waals surface area (Å²) in [5, 5.41) is 8.04. The van der Waals surface area contributed by atoms with Gasteiger partial charge in [0.25, 0.3) is 0 Å². The van der Waals surface area contributed by atoms with Crippen molar-refractivity contribution in [1.82, 2.24) is 4.90 Å². The molecule has 2 aliphatic heterocycles. The van der Waals surface area contributed by atoms with Crippen molar-refractivity contribution in [2.45, 2.75) is 103 Å². The molecule has 2 fully saturated rings. The molecule has 0 aromatic carbocycles. The van der Waals surface area contributed by atoms with Gasteiger partial charge in [-0.05, 0) is 58.5 Å². The van der Waals surface area contributed by atoms with Gasteiger partial charge in [0.1, 0.15) is 12.7 Å². The summed E-state index contributed by atoms with van der Waals surface area (Å²) in [6, 6.07) is 0. The second kappa shape index (κ2) is 18.3. The van der Waals surface area contributed by atoms with E-state index in [1.807, 2.05) is 7.05 Å². The van der Waals surface area contributed by atoms with E-state index in [2.05, 4.69) is 36.1 Å². The van der Waals surface area contributed by atoms with E-state index in [1.165, 1.54) is 32.1 Å². The highest BCUT2D eigenvalue weighted by molar-refractivity contribution is 5.91. The van der Waals surface area contributed by atoms with Gasteiger partial charge in [-0.3, -0.25) is 9.59 Å². The Balaban J connectivity index is 1.49. The topological polar surface area (TPSA) is 88.9 Å². The molecule has 36 heavy (non-hydrogen) atoms. The maximum atomic E-state index is 12.3. The zero-order valence-electron chi connectivity index (χ0n) is 22.6. The molecule has 1 N–H and O–H groups in total. The minimum atomic E-state index is -0.755. The molecule has 204 valence electrons. The van der Waals surface area contributed by atoms with Crippen molar-refractivity contribution in [3.8, 4) is 0 Å². The van der Waals surface area contributed by atoms with E-state index in [-0.39, 0.29) is 36.8 Å². The number of nitrogens with zero attached hydrogens (tertiary/aromatic N) is 1. The number of rotatable bonds is 18. The normalized spacial score (nSPS) is 22.7. The third-order valence-corrected chi connectivity index (χ3v) is 6.84. The van der Waals surface area contributed by atoms with Gasteiger partial charge >= 0.3 is 11.9 Å². The second-order valence-corrected chi connectivity index (χ2v) is 10.1. The lowest BCUT2D eigenvalue weighted by atomic mass is 10.1. The summed E-state index contributed by atoms with van der Waals surface area (Å²) in [5.74, 6) is -0.665. The molecule has 0 aromatic heterocycles. The molecule has 1 unspecified atom stereocenters. The van der Waals surface area contributed by atoms with Crippen molar-refractivity contribution in [2.75, 3.05) is 33.4 Å². The van der Waals surface area contributed by atoms with Crippen LogP contribution in [-0.4, -0.2) is 68.1 Å². The quantitative estimate of drug-likeness (QED) is 0.148. The monoisotopic (exact) mass is 504 g/mol. The van der Waals surface area contributed by atoms with Crippen molar-refractivity contribution in [3.05, 3.63) is 24.3 Å². The first-order chi connectivity index (χ1) is 17.5. The number of likely N-dealkylation sites (tertiary alicyclic amines) is 1. The van der Waals surface area contributed by atoms with Crippen molar-refractivity contribution in [2.24, 2.45) is 5.92 Å². The molecule has 2 aliphatic rings. The first-order valence-electron chi connectivity index (χ1n) is 14.0. The molecule has 2 rings (SSSR count). The van der Waals surface area contributed by atoms with Gasteiger partial charge in [0.05, 0.1) is 18.2 Å². The molecule has 7 nitrogen and oxygen atoms in total. The predicted octanol–water partition coefficient (Wildman–Crippen LogP) is 5.63. The molecule has 7 heteroatoms. The van der Waals surface area contributed by atoms with Crippen molar-refractivity contribution in [3.63, 3.8) is 0 Å². The molecule has 3 atom stereocenters. The zero-order chi connectivity index (χ0) is 26.0. The Morgan fingerprint density at radius 3 is 2.42 bits per heavy atom. The summed E-state index contributed by atoms with van der Waals surface area (Å²) >= 11 is 0. The largest absolute Gasteiger partial charge is 0.462 e. The molecular formula is C29H48N2O5. The maximum absolute atomic E-state index is 12.3. The Labute approximate surface area is 218 Å². The summed E-state index contributed by atoms with van der Waals surface area (Å²) in [6.07, 6.45) is 21.3. The van der Waals surface area contributed by atoms with Crippen LogP contribution in [-0.2, 0) is 23.8 Å². The van der Waals surface area contributed by atoms with Crippen LogP contribution in [0.4, 0.5) is 0 Å². The van der Waals surface area contributed by atoms with E-state index in [1.54, 1.807) is 0 Å². The lowest BCUT2D eigenvalue weighted by molar-refractivity contribution is -0.157. The van der Waals surface area contributed by atoms with Gasteiger partial charge in [0, 0.05) is 13.0 Å². The summed E-state index contributed by atoms with van der Waals surface area (Å²) in [4.78, 5) is 26.7. The number of hydrogen-bond donors (Lipinski definition) is 1. The molecule has 2 heterocycles. The van der Waals surface area contributed by atoms with Gasteiger partial charge in [-0.25, -0.2) is 0 Å².